The predicted molar refractivity (Wildman–Crippen MR) is 90.5 cm³/mol. The molecule has 0 radical (unpaired) electrons. The standard InChI is InChI=1S/C19H26N2/c1-20-13-12-18-10-4-5-14-21(18)15-17-9-6-8-16-7-2-3-11-19(16)17/h2-3,6-9,11,18,20H,4-5,10,12-15H2,1H3. The maximum absolute atomic E-state index is 3.30. The summed E-state index contributed by atoms with van der Waals surface area (Å²) in [5, 5.41) is 6.08. The van der Waals surface area contributed by atoms with Gasteiger partial charge in [0.15, 0.2) is 0 Å². The molecule has 0 aromatic heterocycles. The van der Waals surface area contributed by atoms with Crippen molar-refractivity contribution < 1.29 is 0 Å². The van der Waals surface area contributed by atoms with E-state index in [9.17, 15) is 0 Å². The molecule has 1 N–H and O–H groups in total. The number of benzene rings is 2. The van der Waals surface area contributed by atoms with Crippen LogP contribution in [0.25, 0.3) is 10.8 Å². The molecule has 1 fully saturated rings. The van der Waals surface area contributed by atoms with Gasteiger partial charge in [-0.1, -0.05) is 48.9 Å². The van der Waals surface area contributed by atoms with Crippen LogP contribution < -0.4 is 5.32 Å². The average Bonchev–Trinajstić information content (AvgIpc) is 2.54. The van der Waals surface area contributed by atoms with E-state index in [0.717, 1.165) is 19.1 Å². The van der Waals surface area contributed by atoms with Gasteiger partial charge in [-0.3, -0.25) is 4.90 Å². The normalized spacial score (nSPS) is 20.0. The highest BCUT2D eigenvalue weighted by molar-refractivity contribution is 5.85. The summed E-state index contributed by atoms with van der Waals surface area (Å²) in [5.74, 6) is 0. The van der Waals surface area contributed by atoms with Crippen molar-refractivity contribution in [3.05, 3.63) is 48.0 Å². The molecule has 112 valence electrons. The molecular weight excluding hydrogens is 256 g/mol. The minimum Gasteiger partial charge on any atom is -0.320 e. The molecule has 2 heteroatoms. The van der Waals surface area contributed by atoms with E-state index in [1.165, 1.54) is 48.6 Å². The van der Waals surface area contributed by atoms with Crippen molar-refractivity contribution >= 4 is 10.8 Å². The number of piperidine rings is 1. The lowest BCUT2D eigenvalue weighted by molar-refractivity contribution is 0.133. The summed E-state index contributed by atoms with van der Waals surface area (Å²) >= 11 is 0. The Morgan fingerprint density at radius 2 is 1.95 bits per heavy atom. The van der Waals surface area contributed by atoms with Gasteiger partial charge in [-0.15, -0.1) is 0 Å². The Morgan fingerprint density at radius 3 is 2.86 bits per heavy atom. The van der Waals surface area contributed by atoms with Crippen LogP contribution in [0.3, 0.4) is 0 Å². The lowest BCUT2D eigenvalue weighted by Crippen LogP contribution is -2.40. The van der Waals surface area contributed by atoms with Gasteiger partial charge in [-0.05, 0) is 55.7 Å². The smallest absolute Gasteiger partial charge is 0.0242 e. The van der Waals surface area contributed by atoms with E-state index < -0.39 is 0 Å². The zero-order valence-corrected chi connectivity index (χ0v) is 13.0. The highest BCUT2D eigenvalue weighted by Crippen LogP contribution is 2.25. The van der Waals surface area contributed by atoms with E-state index in [1.807, 2.05) is 0 Å². The monoisotopic (exact) mass is 282 g/mol. The Morgan fingerprint density at radius 1 is 1.10 bits per heavy atom. The molecule has 1 atom stereocenters. The van der Waals surface area contributed by atoms with Crippen LogP contribution in [-0.2, 0) is 6.54 Å². The van der Waals surface area contributed by atoms with E-state index in [0.29, 0.717) is 0 Å². The lowest BCUT2D eigenvalue weighted by Gasteiger charge is -2.36. The van der Waals surface area contributed by atoms with Crippen LogP contribution in [0, 0.1) is 0 Å². The molecule has 0 aliphatic carbocycles. The van der Waals surface area contributed by atoms with Crippen molar-refractivity contribution in [2.45, 2.75) is 38.3 Å². The van der Waals surface area contributed by atoms with Crippen LogP contribution in [0.5, 0.6) is 0 Å². The third-order valence-corrected chi connectivity index (χ3v) is 4.73. The van der Waals surface area contributed by atoms with Crippen LogP contribution in [0.4, 0.5) is 0 Å². The summed E-state index contributed by atoms with van der Waals surface area (Å²) in [6.45, 7) is 3.46. The highest BCUT2D eigenvalue weighted by Gasteiger charge is 2.22. The number of nitrogens with zero attached hydrogens (tertiary/aromatic N) is 1. The SMILES string of the molecule is CNCCC1CCCCN1Cc1cccc2ccccc12. The number of nitrogens with one attached hydrogen (secondary N) is 1. The van der Waals surface area contributed by atoms with E-state index in [4.69, 9.17) is 0 Å². The number of hydrogen-bond acceptors (Lipinski definition) is 2. The van der Waals surface area contributed by atoms with E-state index in [2.05, 4.69) is 59.7 Å². The number of rotatable bonds is 5. The second kappa shape index (κ2) is 7.06. The summed E-state index contributed by atoms with van der Waals surface area (Å²) < 4.78 is 0. The molecule has 0 amide bonds. The van der Waals surface area contributed by atoms with Gasteiger partial charge in [0.25, 0.3) is 0 Å². The summed E-state index contributed by atoms with van der Waals surface area (Å²) in [6, 6.07) is 16.2. The Kier molecular flexibility index (Phi) is 4.89. The van der Waals surface area contributed by atoms with Gasteiger partial charge in [0.1, 0.15) is 0 Å². The molecular formula is C19H26N2. The van der Waals surface area contributed by atoms with E-state index >= 15 is 0 Å². The number of likely N-dealkylation sites (tertiary alicyclic amines) is 1. The minimum absolute atomic E-state index is 0.741. The quantitative estimate of drug-likeness (QED) is 0.897. The first-order chi connectivity index (χ1) is 10.4. The van der Waals surface area contributed by atoms with Crippen molar-refractivity contribution in [2.75, 3.05) is 20.1 Å². The molecule has 1 aliphatic rings. The molecule has 0 bridgehead atoms. The van der Waals surface area contributed by atoms with Gasteiger partial charge in [0.2, 0.25) is 0 Å². The molecule has 0 spiro atoms. The first-order valence-electron chi connectivity index (χ1n) is 8.24. The summed E-state index contributed by atoms with van der Waals surface area (Å²) in [7, 11) is 2.05. The largest absolute Gasteiger partial charge is 0.320 e. The molecule has 1 unspecified atom stereocenters. The topological polar surface area (TPSA) is 15.3 Å². The molecule has 0 saturated carbocycles. The minimum atomic E-state index is 0.741. The maximum atomic E-state index is 3.30. The molecule has 2 aromatic carbocycles. The Labute approximate surface area is 128 Å². The van der Waals surface area contributed by atoms with Crippen LogP contribution in [0.15, 0.2) is 42.5 Å². The Balaban J connectivity index is 1.79. The number of hydrogen-bond donors (Lipinski definition) is 1. The molecule has 2 nitrogen and oxygen atoms in total. The molecule has 1 heterocycles. The second-order valence-corrected chi connectivity index (χ2v) is 6.15. The molecule has 1 saturated heterocycles. The van der Waals surface area contributed by atoms with Gasteiger partial charge < -0.3 is 5.32 Å². The van der Waals surface area contributed by atoms with Crippen LogP contribution >= 0.6 is 0 Å². The fourth-order valence-electron chi connectivity index (χ4n) is 3.56. The molecule has 2 aromatic rings. The summed E-state index contributed by atoms with van der Waals surface area (Å²) in [6.07, 6.45) is 5.36. The van der Waals surface area contributed by atoms with Crippen molar-refractivity contribution in [2.24, 2.45) is 0 Å². The summed E-state index contributed by atoms with van der Waals surface area (Å²) in [5.41, 5.74) is 1.48. The Hall–Kier alpha value is -1.38. The van der Waals surface area contributed by atoms with Gasteiger partial charge in [-0.25, -0.2) is 0 Å². The highest BCUT2D eigenvalue weighted by atomic mass is 15.2. The fraction of sp³-hybridized carbons (Fsp3) is 0.474. The second-order valence-electron chi connectivity index (χ2n) is 6.15. The van der Waals surface area contributed by atoms with Crippen LogP contribution in [0.2, 0.25) is 0 Å². The van der Waals surface area contributed by atoms with Gasteiger partial charge in [0, 0.05) is 12.6 Å². The first kappa shape index (κ1) is 14.6. The third kappa shape index (κ3) is 3.45. The zero-order valence-electron chi connectivity index (χ0n) is 13.0. The lowest BCUT2D eigenvalue weighted by atomic mass is 9.97. The Bertz CT molecular complexity index is 573. The average molecular weight is 282 g/mol. The van der Waals surface area contributed by atoms with Crippen molar-refractivity contribution in [3.8, 4) is 0 Å². The third-order valence-electron chi connectivity index (χ3n) is 4.73. The maximum Gasteiger partial charge on any atom is 0.0242 e. The molecule has 3 rings (SSSR count). The van der Waals surface area contributed by atoms with Crippen molar-refractivity contribution in [3.63, 3.8) is 0 Å². The summed E-state index contributed by atoms with van der Waals surface area (Å²) in [4.78, 5) is 2.70. The van der Waals surface area contributed by atoms with Crippen molar-refractivity contribution in [1.29, 1.82) is 0 Å². The molecule has 21 heavy (non-hydrogen) atoms. The van der Waals surface area contributed by atoms with Crippen LogP contribution in [0.1, 0.15) is 31.2 Å². The zero-order chi connectivity index (χ0) is 14.5. The van der Waals surface area contributed by atoms with E-state index in [1.54, 1.807) is 0 Å². The van der Waals surface area contributed by atoms with E-state index in [-0.39, 0.29) is 0 Å². The predicted octanol–water partition coefficient (Wildman–Crippen LogP) is 3.80. The van der Waals surface area contributed by atoms with Crippen molar-refractivity contribution in [1.82, 2.24) is 10.2 Å². The van der Waals surface area contributed by atoms with Gasteiger partial charge in [0.05, 0.1) is 0 Å². The first-order valence-corrected chi connectivity index (χ1v) is 8.24. The molecule has 1 aliphatic heterocycles. The fourth-order valence-corrected chi connectivity index (χ4v) is 3.56. The van der Waals surface area contributed by atoms with Gasteiger partial charge in [-0.2, -0.15) is 0 Å². The number of fused-ring (bicyclic) bond motifs is 1. The van der Waals surface area contributed by atoms with Gasteiger partial charge >= 0.3 is 0 Å². The van der Waals surface area contributed by atoms with Crippen LogP contribution in [-0.4, -0.2) is 31.1 Å².